The maximum Gasteiger partial charge on any atom is 0.323 e. The molecule has 0 radical (unpaired) electrons. The first-order chi connectivity index (χ1) is 14.0. The van der Waals surface area contributed by atoms with Crippen molar-refractivity contribution in [2.24, 2.45) is 0 Å². The van der Waals surface area contributed by atoms with Crippen LogP contribution in [0.5, 0.6) is 0 Å². The molecule has 29 heavy (non-hydrogen) atoms. The monoisotopic (exact) mass is 391 g/mol. The highest BCUT2D eigenvalue weighted by Crippen LogP contribution is 2.28. The summed E-state index contributed by atoms with van der Waals surface area (Å²) in [6.45, 7) is 3.82. The van der Waals surface area contributed by atoms with Gasteiger partial charge in [0.2, 0.25) is 0 Å². The number of aromatic amines is 2. The number of aromatic nitrogens is 5. The average molecular weight is 391 g/mol. The molecule has 1 aromatic carbocycles. The molecule has 0 unspecified atom stereocenters. The largest absolute Gasteiger partial charge is 0.367 e. The van der Waals surface area contributed by atoms with Crippen LogP contribution in [0.2, 0.25) is 0 Å². The summed E-state index contributed by atoms with van der Waals surface area (Å²) in [6, 6.07) is 8.45. The van der Waals surface area contributed by atoms with Crippen molar-refractivity contribution in [1.82, 2.24) is 24.6 Å². The number of halogens is 1. The molecule has 1 saturated carbocycles. The number of nitrogens with one attached hydrogen (secondary N) is 4. The van der Waals surface area contributed by atoms with Crippen molar-refractivity contribution in [3.63, 3.8) is 0 Å². The fourth-order valence-corrected chi connectivity index (χ4v) is 3.11. The molecule has 0 bridgehead atoms. The van der Waals surface area contributed by atoms with Crippen LogP contribution in [-0.2, 0) is 0 Å². The number of hydrogen-bond acceptors (Lipinski definition) is 5. The topological polar surface area (TPSA) is 103 Å². The summed E-state index contributed by atoms with van der Waals surface area (Å²) in [4.78, 5) is 21.5. The highest BCUT2D eigenvalue weighted by Gasteiger charge is 2.23. The lowest BCUT2D eigenvalue weighted by Crippen LogP contribution is -2.22. The second-order valence-electron chi connectivity index (χ2n) is 7.03. The van der Waals surface area contributed by atoms with Gasteiger partial charge in [0.25, 0.3) is 0 Å². The molecule has 1 aliphatic rings. The minimum absolute atomic E-state index is 0.324. The van der Waals surface area contributed by atoms with E-state index in [-0.39, 0.29) is 11.5 Å². The Bertz CT molecular complexity index is 1380. The molecule has 3 heterocycles. The smallest absolute Gasteiger partial charge is 0.323 e. The lowest BCUT2D eigenvalue weighted by molar-refractivity contribution is 0.628. The van der Waals surface area contributed by atoms with Crippen LogP contribution in [0.15, 0.2) is 41.3 Å². The molecule has 0 amide bonds. The summed E-state index contributed by atoms with van der Waals surface area (Å²) < 4.78 is 15.3. The lowest BCUT2D eigenvalue weighted by atomic mass is 10.3. The Morgan fingerprint density at radius 1 is 1.28 bits per heavy atom. The van der Waals surface area contributed by atoms with E-state index in [1.54, 1.807) is 28.9 Å². The van der Waals surface area contributed by atoms with E-state index in [2.05, 4.69) is 37.3 Å². The fourth-order valence-electron chi connectivity index (χ4n) is 3.11. The number of fused-ring (bicyclic) bond motifs is 1. The second kappa shape index (κ2) is 6.62. The molecule has 5 rings (SSSR count). The van der Waals surface area contributed by atoms with E-state index in [0.29, 0.717) is 39.5 Å². The van der Waals surface area contributed by atoms with E-state index in [0.717, 1.165) is 18.7 Å². The van der Waals surface area contributed by atoms with Crippen LogP contribution in [0.25, 0.3) is 18.3 Å². The van der Waals surface area contributed by atoms with Crippen LogP contribution in [-0.4, -0.2) is 30.6 Å². The third-order valence-electron chi connectivity index (χ3n) is 4.66. The van der Waals surface area contributed by atoms with Gasteiger partial charge >= 0.3 is 5.69 Å². The molecule has 1 fully saturated rings. The van der Waals surface area contributed by atoms with Crippen LogP contribution >= 0.6 is 0 Å². The molecule has 146 valence electrons. The number of rotatable bonds is 5. The molecule has 4 N–H and O–H groups in total. The van der Waals surface area contributed by atoms with Crippen molar-refractivity contribution in [3.8, 4) is 0 Å². The number of anilines is 3. The van der Waals surface area contributed by atoms with E-state index in [9.17, 15) is 9.18 Å². The van der Waals surface area contributed by atoms with Gasteiger partial charge in [0.05, 0.1) is 16.9 Å². The molecular formula is C20H18FN7O. The maximum absolute atomic E-state index is 13.5. The number of imidazole rings is 1. The summed E-state index contributed by atoms with van der Waals surface area (Å²) in [5, 5.41) is 12.1. The van der Waals surface area contributed by atoms with Crippen molar-refractivity contribution < 1.29 is 4.39 Å². The first-order valence-corrected chi connectivity index (χ1v) is 9.22. The predicted octanol–water partition coefficient (Wildman–Crippen LogP) is 1.44. The van der Waals surface area contributed by atoms with Gasteiger partial charge in [0.15, 0.2) is 5.65 Å². The molecule has 0 atom stereocenters. The van der Waals surface area contributed by atoms with Gasteiger partial charge in [-0.25, -0.2) is 14.2 Å². The molecule has 1 aliphatic carbocycles. The SMILES string of the molecule is C=c1[nH]c(=O)[nH]/c1=C\c1cnn2c(NC3CC3)cc(Nc3cccc(F)c3)nc12. The first kappa shape index (κ1) is 17.2. The molecule has 0 saturated heterocycles. The molecule has 0 aliphatic heterocycles. The zero-order chi connectivity index (χ0) is 20.0. The number of hydrogen-bond donors (Lipinski definition) is 4. The van der Waals surface area contributed by atoms with E-state index >= 15 is 0 Å². The molecule has 4 aromatic rings. The number of nitrogens with zero attached hydrogens (tertiary/aromatic N) is 3. The minimum Gasteiger partial charge on any atom is -0.367 e. The molecule has 9 heteroatoms. The molecule has 0 spiro atoms. The third-order valence-corrected chi connectivity index (χ3v) is 4.66. The van der Waals surface area contributed by atoms with Crippen molar-refractivity contribution in [1.29, 1.82) is 0 Å². The average Bonchev–Trinajstić information content (AvgIpc) is 3.31. The zero-order valence-electron chi connectivity index (χ0n) is 15.4. The van der Waals surface area contributed by atoms with E-state index in [1.165, 1.54) is 12.1 Å². The maximum atomic E-state index is 13.5. The molecule has 8 nitrogen and oxygen atoms in total. The zero-order valence-corrected chi connectivity index (χ0v) is 15.4. The van der Waals surface area contributed by atoms with Crippen molar-refractivity contribution >= 4 is 35.6 Å². The summed E-state index contributed by atoms with van der Waals surface area (Å²) in [5.41, 5.74) is 1.58. The number of benzene rings is 1. The van der Waals surface area contributed by atoms with Crippen LogP contribution in [0.1, 0.15) is 18.4 Å². The fraction of sp³-hybridized carbons (Fsp3) is 0.150. The third kappa shape index (κ3) is 3.49. The van der Waals surface area contributed by atoms with Gasteiger partial charge in [0, 0.05) is 23.4 Å². The van der Waals surface area contributed by atoms with E-state index in [1.807, 2.05) is 6.07 Å². The predicted molar refractivity (Wildman–Crippen MR) is 109 cm³/mol. The van der Waals surface area contributed by atoms with Crippen LogP contribution in [0.3, 0.4) is 0 Å². The standard InChI is InChI=1S/C20H18FN7O/c1-11-16(26-20(29)23-11)7-12-10-22-28-18(25-14-5-6-14)9-17(27-19(12)28)24-15-4-2-3-13(21)8-15/h2-4,7-10,14,25H,1,5-6H2,(H,24,27)(H2,23,26,29)/b16-7-. The van der Waals surface area contributed by atoms with Gasteiger partial charge in [-0.3, -0.25) is 0 Å². The Morgan fingerprint density at radius 3 is 2.86 bits per heavy atom. The highest BCUT2D eigenvalue weighted by atomic mass is 19.1. The van der Waals surface area contributed by atoms with Gasteiger partial charge < -0.3 is 20.6 Å². The highest BCUT2D eigenvalue weighted by molar-refractivity contribution is 5.71. The quantitative estimate of drug-likeness (QED) is 0.412. The Hall–Kier alpha value is -3.88. The van der Waals surface area contributed by atoms with Crippen molar-refractivity contribution in [2.45, 2.75) is 18.9 Å². The Labute approximate surface area is 163 Å². The van der Waals surface area contributed by atoms with Crippen molar-refractivity contribution in [3.05, 3.63) is 69.1 Å². The van der Waals surface area contributed by atoms with Gasteiger partial charge in [-0.05, 0) is 37.1 Å². The normalized spacial score (nSPS) is 14.4. The lowest BCUT2D eigenvalue weighted by Gasteiger charge is -2.11. The van der Waals surface area contributed by atoms with Gasteiger partial charge in [-0.2, -0.15) is 9.61 Å². The second-order valence-corrected chi connectivity index (χ2v) is 7.03. The number of H-pyrrole nitrogens is 2. The summed E-state index contributed by atoms with van der Waals surface area (Å²) >= 11 is 0. The summed E-state index contributed by atoms with van der Waals surface area (Å²) in [6.07, 6.45) is 5.65. The molecule has 3 aromatic heterocycles. The Kier molecular flexibility index (Phi) is 3.94. The van der Waals surface area contributed by atoms with Gasteiger partial charge in [-0.15, -0.1) is 0 Å². The van der Waals surface area contributed by atoms with Gasteiger partial charge in [-0.1, -0.05) is 12.6 Å². The summed E-state index contributed by atoms with van der Waals surface area (Å²) in [7, 11) is 0. The van der Waals surface area contributed by atoms with Crippen molar-refractivity contribution in [2.75, 3.05) is 10.6 Å². The Morgan fingerprint density at radius 2 is 2.14 bits per heavy atom. The van der Waals surface area contributed by atoms with Gasteiger partial charge in [0.1, 0.15) is 17.5 Å². The van der Waals surface area contributed by atoms with E-state index < -0.39 is 0 Å². The minimum atomic E-state index is -0.329. The van der Waals surface area contributed by atoms with Crippen LogP contribution in [0.4, 0.5) is 21.7 Å². The van der Waals surface area contributed by atoms with Crippen LogP contribution in [0, 0.1) is 5.82 Å². The van der Waals surface area contributed by atoms with Crippen LogP contribution < -0.4 is 27.0 Å². The van der Waals surface area contributed by atoms with E-state index in [4.69, 9.17) is 0 Å². The Balaban J connectivity index is 1.64. The summed E-state index contributed by atoms with van der Waals surface area (Å²) in [5.74, 6) is 1.01. The first-order valence-electron chi connectivity index (χ1n) is 9.22. The molecular weight excluding hydrogens is 373 g/mol.